The number of hydrogen-bond donors (Lipinski definition) is 0. The van der Waals surface area contributed by atoms with Crippen LogP contribution < -0.4 is 9.13 Å². The van der Waals surface area contributed by atoms with Crippen LogP contribution in [0.25, 0.3) is 11.4 Å². The van der Waals surface area contributed by atoms with Gasteiger partial charge in [0.25, 0.3) is 0 Å². The maximum absolute atomic E-state index is 14.2. The van der Waals surface area contributed by atoms with E-state index in [9.17, 15) is 19.2 Å². The molecule has 8 nitrogen and oxygen atoms in total. The van der Waals surface area contributed by atoms with Crippen LogP contribution in [0.5, 0.6) is 0 Å². The van der Waals surface area contributed by atoms with Crippen molar-refractivity contribution in [1.29, 1.82) is 0 Å². The first-order valence-electron chi connectivity index (χ1n) is 20.4. The number of benzene rings is 3. The number of ketones is 2. The van der Waals surface area contributed by atoms with Crippen LogP contribution in [0.3, 0.4) is 0 Å². The summed E-state index contributed by atoms with van der Waals surface area (Å²) in [4.78, 5) is 55.7. The van der Waals surface area contributed by atoms with E-state index in [-0.39, 0.29) is 37.6 Å². The molecule has 0 saturated carbocycles. The van der Waals surface area contributed by atoms with Crippen molar-refractivity contribution in [2.24, 2.45) is 0 Å². The second kappa shape index (κ2) is 22.0. The van der Waals surface area contributed by atoms with Crippen molar-refractivity contribution in [3.8, 4) is 11.4 Å². The third kappa shape index (κ3) is 11.6. The van der Waals surface area contributed by atoms with E-state index in [0.29, 0.717) is 43.5 Å². The number of carbonyl (C=O) groups excluding carboxylic acids is 4. The van der Waals surface area contributed by atoms with Gasteiger partial charge in [-0.25, -0.2) is 0 Å². The fourth-order valence-corrected chi connectivity index (χ4v) is 12.4. The third-order valence-electron chi connectivity index (χ3n) is 10.0. The summed E-state index contributed by atoms with van der Waals surface area (Å²) in [6, 6.07) is 30.9. The SMILES string of the molecule is CCOC(=O)Cc1c(C(=O)c2ccc(Br)cc2)sc(SCc2cccc(CSc3sc(C(=O)c4ccc(Br)cc4)c(CC(=O)OCC)c3-[n+]3ccc(C)cc3)c2)c1-[n+]1ccc(C)cc1. The summed E-state index contributed by atoms with van der Waals surface area (Å²) in [6.45, 7) is 8.07. The van der Waals surface area contributed by atoms with Crippen LogP contribution in [0.2, 0.25) is 0 Å². The lowest BCUT2D eigenvalue weighted by Gasteiger charge is -2.07. The normalized spacial score (nSPS) is 11.1. The minimum absolute atomic E-state index is 0.0467. The van der Waals surface area contributed by atoms with Crippen molar-refractivity contribution in [3.63, 3.8) is 0 Å². The number of thiophene rings is 2. The molecule has 0 N–H and O–H groups in total. The molecule has 0 unspecified atom stereocenters. The summed E-state index contributed by atoms with van der Waals surface area (Å²) in [5.41, 5.74) is 8.25. The van der Waals surface area contributed by atoms with Crippen LogP contribution in [0.4, 0.5) is 0 Å². The van der Waals surface area contributed by atoms with Crippen molar-refractivity contribution in [2.45, 2.75) is 60.5 Å². The molecule has 7 rings (SSSR count). The van der Waals surface area contributed by atoms with Gasteiger partial charge in [0.2, 0.25) is 22.9 Å². The first kappa shape index (κ1) is 47.3. The number of halogens is 2. The Morgan fingerprint density at radius 1 is 0.562 bits per heavy atom. The lowest BCUT2D eigenvalue weighted by Crippen LogP contribution is -2.31. The fourth-order valence-electron chi connectivity index (χ4n) is 6.86. The molecule has 0 radical (unpaired) electrons. The molecule has 0 aliphatic rings. The highest BCUT2D eigenvalue weighted by atomic mass is 79.9. The fraction of sp³-hybridized carbons (Fsp3) is 0.200. The van der Waals surface area contributed by atoms with E-state index in [1.807, 2.05) is 102 Å². The molecule has 64 heavy (non-hydrogen) atoms. The summed E-state index contributed by atoms with van der Waals surface area (Å²) in [7, 11) is 0. The minimum atomic E-state index is -0.395. The van der Waals surface area contributed by atoms with Gasteiger partial charge in [-0.05, 0) is 98.5 Å². The van der Waals surface area contributed by atoms with E-state index in [1.54, 1.807) is 61.6 Å². The molecule has 4 heterocycles. The van der Waals surface area contributed by atoms with Crippen LogP contribution in [-0.4, -0.2) is 36.7 Å². The molecule has 0 fully saturated rings. The van der Waals surface area contributed by atoms with Crippen molar-refractivity contribution >= 4 is 102 Å². The number of pyridine rings is 2. The van der Waals surface area contributed by atoms with Crippen molar-refractivity contribution in [2.75, 3.05) is 13.2 Å². The van der Waals surface area contributed by atoms with E-state index in [1.165, 1.54) is 22.7 Å². The summed E-state index contributed by atoms with van der Waals surface area (Å²) in [6.07, 6.45) is 7.76. The van der Waals surface area contributed by atoms with Gasteiger partial charge in [-0.2, -0.15) is 9.13 Å². The molecular formula is C50H44Br2N2O6S4+2. The quantitative estimate of drug-likeness (QED) is 0.0363. The lowest BCUT2D eigenvalue weighted by molar-refractivity contribution is -0.598. The minimum Gasteiger partial charge on any atom is -0.466 e. The van der Waals surface area contributed by atoms with Crippen molar-refractivity contribution < 1.29 is 37.8 Å². The van der Waals surface area contributed by atoms with Crippen LogP contribution >= 0.6 is 78.1 Å². The standard InChI is InChI=1S/C50H44Br2N2O6S4/c1-5-59-41(55)27-39-43(53-22-18-31(3)19-23-53)49(63-47(39)45(57)35-10-14-37(51)15-11-35)61-29-33-8-7-9-34(26-33)30-62-50-44(54-24-20-32(4)21-25-54)40(28-42(56)60-6-2)48(64-50)46(58)36-12-16-38(52)17-13-36/h7-26H,5-6,27-30H2,1-4H3/q+2. The molecule has 3 aromatic carbocycles. The van der Waals surface area contributed by atoms with Crippen molar-refractivity contribution in [3.05, 3.63) is 185 Å². The molecular weight excluding hydrogens is 1010 g/mol. The van der Waals surface area contributed by atoms with Crippen LogP contribution in [-0.2, 0) is 43.4 Å². The number of ether oxygens (including phenoxy) is 2. The highest BCUT2D eigenvalue weighted by Crippen LogP contribution is 2.42. The number of rotatable bonds is 18. The zero-order chi connectivity index (χ0) is 45.3. The Morgan fingerprint density at radius 3 is 1.30 bits per heavy atom. The Bertz CT molecular complexity index is 2620. The second-order valence-corrected chi connectivity index (χ2v) is 21.1. The zero-order valence-corrected chi connectivity index (χ0v) is 42.0. The molecule has 326 valence electrons. The topological polar surface area (TPSA) is 94.5 Å². The zero-order valence-electron chi connectivity index (χ0n) is 35.5. The predicted molar refractivity (Wildman–Crippen MR) is 263 cm³/mol. The van der Waals surface area contributed by atoms with Crippen molar-refractivity contribution in [1.82, 2.24) is 0 Å². The first-order chi connectivity index (χ1) is 30.9. The van der Waals surface area contributed by atoms with E-state index < -0.39 is 11.9 Å². The van der Waals surface area contributed by atoms with E-state index in [4.69, 9.17) is 9.47 Å². The predicted octanol–water partition coefficient (Wildman–Crippen LogP) is 11.8. The molecule has 7 aromatic rings. The summed E-state index contributed by atoms with van der Waals surface area (Å²) >= 11 is 13.0. The van der Waals surface area contributed by atoms with Crippen LogP contribution in [0, 0.1) is 13.8 Å². The van der Waals surface area contributed by atoms with Gasteiger partial charge in [0, 0.05) is 55.8 Å². The summed E-state index contributed by atoms with van der Waals surface area (Å²) < 4.78 is 18.4. The molecule has 0 saturated heterocycles. The van der Waals surface area contributed by atoms with Gasteiger partial charge in [0.05, 0.1) is 46.9 Å². The highest BCUT2D eigenvalue weighted by Gasteiger charge is 2.33. The Kier molecular flexibility index (Phi) is 16.2. The Hall–Kier alpha value is -4.70. The maximum atomic E-state index is 14.2. The van der Waals surface area contributed by atoms with Gasteiger partial charge in [0.1, 0.15) is 8.42 Å². The summed E-state index contributed by atoms with van der Waals surface area (Å²) in [5, 5.41) is 0. The number of aromatic nitrogens is 2. The van der Waals surface area contributed by atoms with Gasteiger partial charge >= 0.3 is 11.9 Å². The van der Waals surface area contributed by atoms with Gasteiger partial charge in [-0.3, -0.25) is 19.2 Å². The lowest BCUT2D eigenvalue weighted by atomic mass is 10.0. The molecule has 0 amide bonds. The average Bonchev–Trinajstić information content (AvgIpc) is 3.83. The molecule has 0 aliphatic heterocycles. The number of hydrogen-bond acceptors (Lipinski definition) is 10. The molecule has 0 atom stereocenters. The van der Waals surface area contributed by atoms with Gasteiger partial charge in [0.15, 0.2) is 24.8 Å². The molecule has 14 heteroatoms. The largest absolute Gasteiger partial charge is 0.466 e. The Morgan fingerprint density at radius 2 is 0.938 bits per heavy atom. The number of carbonyl (C=O) groups is 4. The maximum Gasteiger partial charge on any atom is 0.310 e. The number of nitrogens with zero attached hydrogens (tertiary/aromatic N) is 2. The Labute approximate surface area is 406 Å². The smallest absolute Gasteiger partial charge is 0.310 e. The molecule has 4 aromatic heterocycles. The third-order valence-corrected chi connectivity index (χ3v) is 16.2. The average molecular weight is 1060 g/mol. The summed E-state index contributed by atoms with van der Waals surface area (Å²) in [5.74, 6) is 0.104. The van der Waals surface area contributed by atoms with E-state index >= 15 is 0 Å². The van der Waals surface area contributed by atoms with Crippen LogP contribution in [0.15, 0.2) is 139 Å². The molecule has 0 spiro atoms. The number of aryl methyl sites for hydroxylation is 2. The van der Waals surface area contributed by atoms with Gasteiger partial charge in [-0.15, -0.1) is 46.2 Å². The Balaban J connectivity index is 1.22. The number of esters is 2. The van der Waals surface area contributed by atoms with Crippen LogP contribution in [0.1, 0.15) is 77.7 Å². The molecule has 0 aliphatic carbocycles. The number of thioether (sulfide) groups is 2. The highest BCUT2D eigenvalue weighted by molar-refractivity contribution is 9.10. The van der Waals surface area contributed by atoms with Gasteiger partial charge in [-0.1, -0.05) is 56.1 Å². The van der Waals surface area contributed by atoms with E-state index in [0.717, 1.165) is 51.0 Å². The second-order valence-electron chi connectivity index (χ2n) is 14.7. The van der Waals surface area contributed by atoms with Gasteiger partial charge < -0.3 is 9.47 Å². The van der Waals surface area contributed by atoms with E-state index in [2.05, 4.69) is 50.1 Å². The molecule has 0 bridgehead atoms. The monoisotopic (exact) mass is 1050 g/mol. The first-order valence-corrected chi connectivity index (χ1v) is 25.6.